The van der Waals surface area contributed by atoms with E-state index in [0.29, 0.717) is 12.8 Å². The van der Waals surface area contributed by atoms with Gasteiger partial charge in [0.1, 0.15) is 6.04 Å². The highest BCUT2D eigenvalue weighted by atomic mass is 32.2. The van der Waals surface area contributed by atoms with Gasteiger partial charge >= 0.3 is 11.9 Å². The fraction of sp³-hybridized carbons (Fsp3) is 0.500. The molecule has 8 heteroatoms. The number of aromatic carboxylic acids is 1. The molecule has 7 nitrogen and oxygen atoms in total. The van der Waals surface area contributed by atoms with Crippen LogP contribution < -0.4 is 0 Å². The van der Waals surface area contributed by atoms with Crippen LogP contribution in [0.15, 0.2) is 29.2 Å². The van der Waals surface area contributed by atoms with Gasteiger partial charge in [0.25, 0.3) is 0 Å². The molecule has 1 aliphatic heterocycles. The Labute approximate surface area is 140 Å². The van der Waals surface area contributed by atoms with E-state index < -0.39 is 28.0 Å². The van der Waals surface area contributed by atoms with E-state index in [4.69, 9.17) is 5.11 Å². The quantitative estimate of drug-likeness (QED) is 0.853. The number of benzene rings is 1. The standard InChI is InChI=1S/C16H19NO6S/c18-15(19)10-5-7-12(8-6-10)24(22,23)17-13-4-2-1-3-11(13)9-14(17)16(20)21/h5-8,11,13-14H,1-4,9H2,(H,18,19)(H,20,21)/t11-,13+,14+/m1/s1. The van der Waals surface area contributed by atoms with E-state index >= 15 is 0 Å². The number of carbonyl (C=O) groups is 2. The second-order valence-electron chi connectivity index (χ2n) is 6.37. The van der Waals surface area contributed by atoms with E-state index in [1.807, 2.05) is 0 Å². The van der Waals surface area contributed by atoms with Gasteiger partial charge in [-0.15, -0.1) is 0 Å². The van der Waals surface area contributed by atoms with Crippen LogP contribution in [0.1, 0.15) is 42.5 Å². The molecule has 2 aliphatic rings. The Hall–Kier alpha value is -1.93. The molecule has 2 N–H and O–H groups in total. The maximum absolute atomic E-state index is 13.0. The third kappa shape index (κ3) is 2.80. The number of sulfonamides is 1. The van der Waals surface area contributed by atoms with Crippen LogP contribution in [0.2, 0.25) is 0 Å². The minimum atomic E-state index is -3.99. The number of carboxylic acid groups (broad SMARTS) is 2. The van der Waals surface area contributed by atoms with E-state index in [1.165, 1.54) is 24.3 Å². The lowest BCUT2D eigenvalue weighted by Crippen LogP contribution is -2.46. The number of aliphatic carboxylic acids is 1. The SMILES string of the molecule is O=C(O)c1ccc(S(=O)(=O)N2[C@H](C(=O)O)C[C@H]3CCCC[C@@H]32)cc1. The molecule has 0 unspecified atom stereocenters. The summed E-state index contributed by atoms with van der Waals surface area (Å²) >= 11 is 0. The number of hydrogen-bond donors (Lipinski definition) is 2. The molecule has 1 saturated heterocycles. The minimum absolute atomic E-state index is 0.0132. The summed E-state index contributed by atoms with van der Waals surface area (Å²) in [4.78, 5) is 22.4. The van der Waals surface area contributed by atoms with Gasteiger partial charge in [0.15, 0.2) is 0 Å². The van der Waals surface area contributed by atoms with Crippen molar-refractivity contribution < 1.29 is 28.2 Å². The van der Waals surface area contributed by atoms with Gasteiger partial charge in [-0.25, -0.2) is 13.2 Å². The molecule has 1 heterocycles. The Kier molecular flexibility index (Phi) is 4.35. The molecule has 24 heavy (non-hydrogen) atoms. The summed E-state index contributed by atoms with van der Waals surface area (Å²) in [6, 6.07) is 3.56. The zero-order valence-corrected chi connectivity index (χ0v) is 13.8. The Morgan fingerprint density at radius 2 is 1.67 bits per heavy atom. The van der Waals surface area contributed by atoms with Crippen molar-refractivity contribution in [3.05, 3.63) is 29.8 Å². The summed E-state index contributed by atoms with van der Waals surface area (Å²) in [5.41, 5.74) is -0.0132. The highest BCUT2D eigenvalue weighted by molar-refractivity contribution is 7.89. The van der Waals surface area contributed by atoms with Crippen molar-refractivity contribution in [1.29, 1.82) is 0 Å². The molecular formula is C16H19NO6S. The van der Waals surface area contributed by atoms with Crippen LogP contribution in [0, 0.1) is 5.92 Å². The number of hydrogen-bond acceptors (Lipinski definition) is 4. The van der Waals surface area contributed by atoms with Crippen LogP contribution in [-0.4, -0.2) is 47.0 Å². The zero-order chi connectivity index (χ0) is 17.5. The van der Waals surface area contributed by atoms with Gasteiger partial charge in [-0.2, -0.15) is 4.31 Å². The maximum atomic E-state index is 13.0. The van der Waals surface area contributed by atoms with Crippen LogP contribution in [0.4, 0.5) is 0 Å². The van der Waals surface area contributed by atoms with Crippen LogP contribution in [-0.2, 0) is 14.8 Å². The molecule has 3 rings (SSSR count). The van der Waals surface area contributed by atoms with E-state index in [0.717, 1.165) is 23.6 Å². The maximum Gasteiger partial charge on any atom is 0.335 e. The average molecular weight is 353 g/mol. The Balaban J connectivity index is 1.99. The number of nitrogens with zero attached hydrogens (tertiary/aromatic N) is 1. The normalized spacial score (nSPS) is 27.6. The van der Waals surface area contributed by atoms with Crippen molar-refractivity contribution in [2.75, 3.05) is 0 Å². The predicted molar refractivity (Wildman–Crippen MR) is 84.2 cm³/mol. The van der Waals surface area contributed by atoms with E-state index in [1.54, 1.807) is 0 Å². The fourth-order valence-electron chi connectivity index (χ4n) is 3.87. The Bertz CT molecular complexity index is 757. The van der Waals surface area contributed by atoms with Crippen molar-refractivity contribution in [3.63, 3.8) is 0 Å². The van der Waals surface area contributed by atoms with Crippen molar-refractivity contribution in [1.82, 2.24) is 4.31 Å². The minimum Gasteiger partial charge on any atom is -0.480 e. The van der Waals surface area contributed by atoms with Gasteiger partial charge < -0.3 is 10.2 Å². The van der Waals surface area contributed by atoms with Gasteiger partial charge in [0, 0.05) is 6.04 Å². The van der Waals surface area contributed by atoms with Gasteiger partial charge in [-0.3, -0.25) is 4.79 Å². The summed E-state index contributed by atoms with van der Waals surface area (Å²) in [6.45, 7) is 0. The topological polar surface area (TPSA) is 112 Å². The van der Waals surface area contributed by atoms with Gasteiger partial charge in [0.05, 0.1) is 10.5 Å². The largest absolute Gasteiger partial charge is 0.480 e. The lowest BCUT2D eigenvalue weighted by Gasteiger charge is -2.32. The monoisotopic (exact) mass is 353 g/mol. The first-order valence-electron chi connectivity index (χ1n) is 7.92. The van der Waals surface area contributed by atoms with Crippen LogP contribution in [0.5, 0.6) is 0 Å². The summed E-state index contributed by atoms with van der Waals surface area (Å²) in [5, 5.41) is 18.4. The zero-order valence-electron chi connectivity index (χ0n) is 13.0. The van der Waals surface area contributed by atoms with Crippen molar-refractivity contribution in [2.45, 2.75) is 49.1 Å². The molecule has 0 spiro atoms. The smallest absolute Gasteiger partial charge is 0.335 e. The molecule has 0 aromatic heterocycles. The van der Waals surface area contributed by atoms with Crippen molar-refractivity contribution in [3.8, 4) is 0 Å². The highest BCUT2D eigenvalue weighted by Crippen LogP contribution is 2.42. The van der Waals surface area contributed by atoms with Crippen molar-refractivity contribution >= 4 is 22.0 Å². The predicted octanol–water partition coefficient (Wildman–Crippen LogP) is 1.79. The molecule has 1 aromatic rings. The number of carboxylic acids is 2. The third-order valence-corrected chi connectivity index (χ3v) is 6.94. The average Bonchev–Trinajstić information content (AvgIpc) is 2.95. The van der Waals surface area contributed by atoms with E-state index in [2.05, 4.69) is 0 Å². The second-order valence-corrected chi connectivity index (χ2v) is 8.21. The molecule has 1 aliphatic carbocycles. The van der Waals surface area contributed by atoms with E-state index in [9.17, 15) is 23.1 Å². The summed E-state index contributed by atoms with van der Waals surface area (Å²) in [6.07, 6.45) is 3.73. The molecule has 0 amide bonds. The highest BCUT2D eigenvalue weighted by Gasteiger charge is 2.51. The molecule has 0 radical (unpaired) electrons. The summed E-state index contributed by atoms with van der Waals surface area (Å²) in [5.74, 6) is -2.20. The van der Waals surface area contributed by atoms with Crippen LogP contribution in [0.3, 0.4) is 0 Å². The molecule has 2 fully saturated rings. The third-order valence-electron chi connectivity index (χ3n) is 4.99. The molecule has 0 bridgehead atoms. The Morgan fingerprint density at radius 3 is 2.25 bits per heavy atom. The van der Waals surface area contributed by atoms with Crippen molar-refractivity contribution in [2.24, 2.45) is 5.92 Å². The summed E-state index contributed by atoms with van der Waals surface area (Å²) < 4.78 is 27.1. The van der Waals surface area contributed by atoms with Crippen LogP contribution in [0.25, 0.3) is 0 Å². The Morgan fingerprint density at radius 1 is 1.04 bits per heavy atom. The first-order chi connectivity index (χ1) is 11.3. The lowest BCUT2D eigenvalue weighted by atomic mass is 9.85. The fourth-order valence-corrected chi connectivity index (χ4v) is 5.74. The number of fused-ring (bicyclic) bond motifs is 1. The summed E-state index contributed by atoms with van der Waals surface area (Å²) in [7, 11) is -3.99. The first-order valence-corrected chi connectivity index (χ1v) is 9.36. The molecule has 130 valence electrons. The molecule has 1 aromatic carbocycles. The molecular weight excluding hydrogens is 334 g/mol. The van der Waals surface area contributed by atoms with Crippen LogP contribution >= 0.6 is 0 Å². The molecule has 3 atom stereocenters. The number of rotatable bonds is 4. The lowest BCUT2D eigenvalue weighted by molar-refractivity contribution is -0.141. The second kappa shape index (κ2) is 6.18. The van der Waals surface area contributed by atoms with Gasteiger partial charge in [-0.05, 0) is 49.4 Å². The molecule has 1 saturated carbocycles. The van der Waals surface area contributed by atoms with Gasteiger partial charge in [0.2, 0.25) is 10.0 Å². The first kappa shape index (κ1) is 16.9. The van der Waals surface area contributed by atoms with Gasteiger partial charge in [-0.1, -0.05) is 12.8 Å². The van der Waals surface area contributed by atoms with E-state index in [-0.39, 0.29) is 22.4 Å².